The molecule has 35 heavy (non-hydrogen) atoms. The first-order chi connectivity index (χ1) is 16.9. The van der Waals surface area contributed by atoms with Crippen molar-refractivity contribution in [3.63, 3.8) is 0 Å². The van der Waals surface area contributed by atoms with Crippen LogP contribution in [-0.2, 0) is 24.3 Å². The molecule has 1 aliphatic rings. The van der Waals surface area contributed by atoms with Crippen molar-refractivity contribution in [2.45, 2.75) is 39.4 Å². The maximum absolute atomic E-state index is 14.8. The Morgan fingerprint density at radius 2 is 1.83 bits per heavy atom. The van der Waals surface area contributed by atoms with Crippen LogP contribution in [0, 0.1) is 5.82 Å². The number of amides is 1. The van der Waals surface area contributed by atoms with Gasteiger partial charge in [0.15, 0.2) is 0 Å². The predicted molar refractivity (Wildman–Crippen MR) is 137 cm³/mol. The molecule has 1 atom stereocenters. The molecule has 1 aliphatic heterocycles. The van der Waals surface area contributed by atoms with E-state index < -0.39 is 0 Å². The second-order valence-electron chi connectivity index (χ2n) is 9.37. The number of nitrogens with one attached hydrogen (secondary N) is 2. The van der Waals surface area contributed by atoms with Crippen LogP contribution in [0.2, 0.25) is 0 Å². The van der Waals surface area contributed by atoms with Crippen LogP contribution in [0.1, 0.15) is 40.9 Å². The highest BCUT2D eigenvalue weighted by Gasteiger charge is 2.16. The second-order valence-corrected chi connectivity index (χ2v) is 9.37. The van der Waals surface area contributed by atoms with Gasteiger partial charge < -0.3 is 10.6 Å². The second kappa shape index (κ2) is 11.4. The predicted octanol–water partition coefficient (Wildman–Crippen LogP) is 4.35. The van der Waals surface area contributed by atoms with Crippen LogP contribution < -0.4 is 10.6 Å². The lowest BCUT2D eigenvalue weighted by Crippen LogP contribution is -2.48. The number of piperazine rings is 1. The molecule has 3 aromatic rings. The van der Waals surface area contributed by atoms with Crippen molar-refractivity contribution in [2.24, 2.45) is 0 Å². The Bertz CT molecular complexity index is 1210. The van der Waals surface area contributed by atoms with E-state index in [0.717, 1.165) is 48.4 Å². The summed E-state index contributed by atoms with van der Waals surface area (Å²) in [6, 6.07) is 20.5. The number of Topliss-reactive ketones (excluding diaryl/α,β-unsaturated/α-hetero) is 1. The highest BCUT2D eigenvalue weighted by atomic mass is 19.1. The standard InChI is InChI=1S/C29H32FN3O2/c1-20-18-33(12-11-31-20)19-24-6-4-7-25(15-24)27-16-23(9-10-28(27)30)17-32-29(35)26-8-3-5-22(14-26)13-21(2)34/h3-10,14-16,20,31H,11-13,17-19H2,1-2H3,(H,32,35)/t20-/m0/s1. The number of nitrogens with zero attached hydrogens (tertiary/aromatic N) is 1. The van der Waals surface area contributed by atoms with Gasteiger partial charge in [0.05, 0.1) is 0 Å². The monoisotopic (exact) mass is 473 g/mol. The van der Waals surface area contributed by atoms with E-state index in [1.165, 1.54) is 13.0 Å². The molecule has 1 saturated heterocycles. The summed E-state index contributed by atoms with van der Waals surface area (Å²) in [5.41, 5.74) is 4.63. The van der Waals surface area contributed by atoms with Crippen LogP contribution >= 0.6 is 0 Å². The van der Waals surface area contributed by atoms with Crippen molar-refractivity contribution in [2.75, 3.05) is 19.6 Å². The van der Waals surface area contributed by atoms with Gasteiger partial charge in [0.2, 0.25) is 0 Å². The maximum atomic E-state index is 14.8. The fourth-order valence-corrected chi connectivity index (χ4v) is 4.55. The van der Waals surface area contributed by atoms with Gasteiger partial charge in [-0.25, -0.2) is 4.39 Å². The zero-order valence-corrected chi connectivity index (χ0v) is 20.3. The summed E-state index contributed by atoms with van der Waals surface area (Å²) >= 11 is 0. The average Bonchev–Trinajstić information content (AvgIpc) is 2.83. The number of rotatable bonds is 8. The van der Waals surface area contributed by atoms with Crippen LogP contribution in [0.3, 0.4) is 0 Å². The molecular formula is C29H32FN3O2. The van der Waals surface area contributed by atoms with Gasteiger partial charge in [0, 0.05) is 56.3 Å². The van der Waals surface area contributed by atoms with E-state index in [2.05, 4.69) is 28.5 Å². The van der Waals surface area contributed by atoms with Crippen molar-refractivity contribution in [1.29, 1.82) is 0 Å². The molecule has 182 valence electrons. The smallest absolute Gasteiger partial charge is 0.251 e. The fraction of sp³-hybridized carbons (Fsp3) is 0.310. The van der Waals surface area contributed by atoms with E-state index >= 15 is 0 Å². The zero-order chi connectivity index (χ0) is 24.8. The van der Waals surface area contributed by atoms with E-state index in [0.29, 0.717) is 23.6 Å². The number of ketones is 1. The van der Waals surface area contributed by atoms with E-state index in [1.54, 1.807) is 30.3 Å². The largest absolute Gasteiger partial charge is 0.348 e. The van der Waals surface area contributed by atoms with Gasteiger partial charge in [-0.3, -0.25) is 14.5 Å². The summed E-state index contributed by atoms with van der Waals surface area (Å²) in [5, 5.41) is 6.36. The third kappa shape index (κ3) is 6.84. The van der Waals surface area contributed by atoms with Crippen molar-refractivity contribution in [3.8, 4) is 11.1 Å². The minimum atomic E-state index is -0.287. The Hall–Kier alpha value is -3.35. The van der Waals surface area contributed by atoms with Crippen LogP contribution in [0.5, 0.6) is 0 Å². The number of carbonyl (C=O) groups excluding carboxylic acids is 2. The van der Waals surface area contributed by atoms with E-state index in [4.69, 9.17) is 0 Å². The third-order valence-electron chi connectivity index (χ3n) is 6.22. The molecule has 0 aromatic heterocycles. The molecule has 0 saturated carbocycles. The molecule has 1 fully saturated rings. The molecule has 0 aliphatic carbocycles. The minimum Gasteiger partial charge on any atom is -0.348 e. The number of hydrogen-bond acceptors (Lipinski definition) is 4. The molecule has 0 bridgehead atoms. The maximum Gasteiger partial charge on any atom is 0.251 e. The summed E-state index contributed by atoms with van der Waals surface area (Å²) in [7, 11) is 0. The molecule has 1 amide bonds. The molecule has 0 spiro atoms. The van der Waals surface area contributed by atoms with Gasteiger partial charge in [-0.05, 0) is 66.4 Å². The summed E-state index contributed by atoms with van der Waals surface area (Å²) in [4.78, 5) is 26.4. The Kier molecular flexibility index (Phi) is 8.06. The first-order valence-electron chi connectivity index (χ1n) is 12.1. The van der Waals surface area contributed by atoms with Crippen LogP contribution in [0.25, 0.3) is 11.1 Å². The fourth-order valence-electron chi connectivity index (χ4n) is 4.55. The summed E-state index contributed by atoms with van der Waals surface area (Å²) < 4.78 is 14.8. The quantitative estimate of drug-likeness (QED) is 0.511. The molecule has 3 aromatic carbocycles. The first kappa shape index (κ1) is 24.8. The van der Waals surface area contributed by atoms with Crippen molar-refractivity contribution >= 4 is 11.7 Å². The van der Waals surface area contributed by atoms with Gasteiger partial charge in [0.1, 0.15) is 11.6 Å². The Morgan fingerprint density at radius 1 is 1.03 bits per heavy atom. The molecule has 4 rings (SSSR count). The summed E-state index contributed by atoms with van der Waals surface area (Å²) in [5.74, 6) is -0.466. The molecular weight excluding hydrogens is 441 g/mol. The highest BCUT2D eigenvalue weighted by molar-refractivity contribution is 5.94. The minimum absolute atomic E-state index is 0.0490. The topological polar surface area (TPSA) is 61.4 Å². The van der Waals surface area contributed by atoms with Crippen molar-refractivity contribution in [3.05, 3.63) is 94.8 Å². The van der Waals surface area contributed by atoms with Crippen molar-refractivity contribution in [1.82, 2.24) is 15.5 Å². The number of carbonyl (C=O) groups is 2. The van der Waals surface area contributed by atoms with Crippen molar-refractivity contribution < 1.29 is 14.0 Å². The molecule has 2 N–H and O–H groups in total. The number of benzene rings is 3. The van der Waals surface area contributed by atoms with Crippen LogP contribution in [0.15, 0.2) is 66.7 Å². The summed E-state index contributed by atoms with van der Waals surface area (Å²) in [6.45, 7) is 7.79. The lowest BCUT2D eigenvalue weighted by atomic mass is 10.00. The number of halogens is 1. The first-order valence-corrected chi connectivity index (χ1v) is 12.1. The van der Waals surface area contributed by atoms with Gasteiger partial charge in [0.25, 0.3) is 5.91 Å². The van der Waals surface area contributed by atoms with Gasteiger partial charge >= 0.3 is 0 Å². The van der Waals surface area contributed by atoms with Gasteiger partial charge in [-0.1, -0.05) is 36.4 Å². The van der Waals surface area contributed by atoms with Gasteiger partial charge in [-0.2, -0.15) is 0 Å². The lowest BCUT2D eigenvalue weighted by Gasteiger charge is -2.31. The normalized spacial score (nSPS) is 16.1. The van der Waals surface area contributed by atoms with E-state index in [9.17, 15) is 14.0 Å². The lowest BCUT2D eigenvalue weighted by molar-refractivity contribution is -0.116. The third-order valence-corrected chi connectivity index (χ3v) is 6.22. The molecule has 1 heterocycles. The summed E-state index contributed by atoms with van der Waals surface area (Å²) in [6.07, 6.45) is 0.301. The SMILES string of the molecule is CC(=O)Cc1cccc(C(=O)NCc2ccc(F)c(-c3cccc(CN4CCN[C@@H](C)C4)c3)c2)c1. The van der Waals surface area contributed by atoms with Crippen LogP contribution in [0.4, 0.5) is 4.39 Å². The highest BCUT2D eigenvalue weighted by Crippen LogP contribution is 2.26. The number of hydrogen-bond donors (Lipinski definition) is 2. The van der Waals surface area contributed by atoms with E-state index in [-0.39, 0.29) is 24.1 Å². The molecule has 6 heteroatoms. The molecule has 0 unspecified atom stereocenters. The van der Waals surface area contributed by atoms with E-state index in [1.807, 2.05) is 24.3 Å². The van der Waals surface area contributed by atoms with Gasteiger partial charge in [-0.15, -0.1) is 0 Å². The molecule has 5 nitrogen and oxygen atoms in total. The van der Waals surface area contributed by atoms with Crippen LogP contribution in [-0.4, -0.2) is 42.3 Å². The Morgan fingerprint density at radius 3 is 2.63 bits per heavy atom. The Labute approximate surface area is 206 Å². The zero-order valence-electron chi connectivity index (χ0n) is 20.3. The Balaban J connectivity index is 1.44. The molecule has 0 radical (unpaired) electrons. The average molecular weight is 474 g/mol.